The van der Waals surface area contributed by atoms with E-state index in [1.807, 2.05) is 73.3 Å². The molecule has 0 fully saturated rings. The molecule has 0 spiro atoms. The monoisotopic (exact) mass is 513 g/mol. The Hall–Kier alpha value is -3.94. The Balaban J connectivity index is 1.66. The van der Waals surface area contributed by atoms with Crippen LogP contribution in [0.4, 0.5) is 0 Å². The molecule has 0 radical (unpaired) electrons. The number of halogens is 1. The van der Waals surface area contributed by atoms with Crippen LogP contribution in [0.15, 0.2) is 96.1 Å². The van der Waals surface area contributed by atoms with Crippen molar-refractivity contribution in [2.24, 2.45) is 23.9 Å². The molecule has 1 amide bonds. The summed E-state index contributed by atoms with van der Waals surface area (Å²) in [6.45, 7) is 0. The standard InChI is InChI=1S/C29H28ClN5O2/c1-34-18-32-17-27(34)29(31,21-7-10-23(30)11-8-21)22-9-12-26-25(14-22)24(15-28(36)35(26)2)20-6-4-5-19(13-20)16-33-37-3/h4-18,25-26H,31H2,1-3H3/b33-16+. The van der Waals surface area contributed by atoms with Crippen molar-refractivity contribution >= 4 is 29.3 Å². The third kappa shape index (κ3) is 4.41. The van der Waals surface area contributed by atoms with Gasteiger partial charge in [0.05, 0.1) is 30.5 Å². The number of carbonyl (C=O) groups excluding carboxylic acids is 1. The molecule has 188 valence electrons. The van der Waals surface area contributed by atoms with Gasteiger partial charge in [0.25, 0.3) is 0 Å². The minimum atomic E-state index is -0.991. The first-order chi connectivity index (χ1) is 17.8. The topological polar surface area (TPSA) is 85.7 Å². The van der Waals surface area contributed by atoms with Gasteiger partial charge in [0, 0.05) is 31.1 Å². The van der Waals surface area contributed by atoms with Crippen LogP contribution in [0, 0.1) is 5.92 Å². The Bertz CT molecular complexity index is 1450. The lowest BCUT2D eigenvalue weighted by Crippen LogP contribution is -2.47. The van der Waals surface area contributed by atoms with E-state index in [1.54, 1.807) is 29.7 Å². The summed E-state index contributed by atoms with van der Waals surface area (Å²) in [5.74, 6) is -0.155. The number of amides is 1. The minimum Gasteiger partial charge on any atom is -0.399 e. The highest BCUT2D eigenvalue weighted by molar-refractivity contribution is 6.30. The molecule has 1 aliphatic carbocycles. The van der Waals surface area contributed by atoms with Gasteiger partial charge in [-0.2, -0.15) is 0 Å². The summed E-state index contributed by atoms with van der Waals surface area (Å²) in [6, 6.07) is 15.3. The van der Waals surface area contributed by atoms with Crippen molar-refractivity contribution in [3.8, 4) is 0 Å². The smallest absolute Gasteiger partial charge is 0.247 e. The molecule has 2 aliphatic rings. The zero-order chi connectivity index (χ0) is 26.2. The highest BCUT2D eigenvalue weighted by atomic mass is 35.5. The van der Waals surface area contributed by atoms with Crippen LogP contribution in [0.2, 0.25) is 5.02 Å². The number of rotatable bonds is 6. The van der Waals surface area contributed by atoms with Gasteiger partial charge in [-0.3, -0.25) is 4.79 Å². The second kappa shape index (κ2) is 9.84. The van der Waals surface area contributed by atoms with E-state index in [9.17, 15) is 4.79 Å². The van der Waals surface area contributed by atoms with Crippen molar-refractivity contribution in [3.05, 3.63) is 118 Å². The predicted molar refractivity (Wildman–Crippen MR) is 146 cm³/mol. The Kier molecular flexibility index (Phi) is 6.58. The third-order valence-corrected chi connectivity index (χ3v) is 7.39. The van der Waals surface area contributed by atoms with Crippen LogP contribution in [-0.2, 0) is 22.2 Å². The molecule has 0 saturated carbocycles. The molecule has 1 aromatic heterocycles. The Morgan fingerprint density at radius 2 is 1.97 bits per heavy atom. The van der Waals surface area contributed by atoms with E-state index in [-0.39, 0.29) is 17.9 Å². The zero-order valence-corrected chi connectivity index (χ0v) is 21.6. The minimum absolute atomic E-state index is 0.0444. The number of benzene rings is 2. The summed E-state index contributed by atoms with van der Waals surface area (Å²) in [5, 5.41) is 4.52. The van der Waals surface area contributed by atoms with Crippen molar-refractivity contribution < 1.29 is 9.63 Å². The van der Waals surface area contributed by atoms with E-state index in [2.05, 4.69) is 22.3 Å². The van der Waals surface area contributed by atoms with Crippen molar-refractivity contribution in [2.45, 2.75) is 11.6 Å². The number of likely N-dealkylation sites (N-methyl/N-ethyl adjacent to an activating group) is 1. The molecule has 1 aliphatic heterocycles. The number of fused-ring (bicyclic) bond motifs is 1. The second-order valence-corrected chi connectivity index (χ2v) is 9.73. The molecule has 2 N–H and O–H groups in total. The number of aromatic nitrogens is 2. The molecule has 5 rings (SSSR count). The molecule has 0 saturated heterocycles. The first kappa shape index (κ1) is 24.7. The molecular formula is C29H28ClN5O2. The fourth-order valence-electron chi connectivity index (χ4n) is 5.15. The number of carbonyl (C=O) groups is 1. The van der Waals surface area contributed by atoms with Gasteiger partial charge < -0.3 is 20.0 Å². The van der Waals surface area contributed by atoms with E-state index < -0.39 is 5.54 Å². The van der Waals surface area contributed by atoms with Gasteiger partial charge in [-0.15, -0.1) is 0 Å². The molecule has 3 unspecified atom stereocenters. The van der Waals surface area contributed by atoms with E-state index in [4.69, 9.17) is 22.2 Å². The first-order valence-corrected chi connectivity index (χ1v) is 12.3. The van der Waals surface area contributed by atoms with Gasteiger partial charge in [-0.05, 0) is 46.0 Å². The normalized spacial score (nSPS) is 20.9. The van der Waals surface area contributed by atoms with Gasteiger partial charge in [-0.1, -0.05) is 65.3 Å². The molecule has 3 aromatic rings. The Morgan fingerprint density at radius 3 is 2.68 bits per heavy atom. The van der Waals surface area contributed by atoms with Crippen molar-refractivity contribution in [1.29, 1.82) is 0 Å². The average molecular weight is 514 g/mol. The molecule has 7 nitrogen and oxygen atoms in total. The van der Waals surface area contributed by atoms with E-state index in [0.29, 0.717) is 5.02 Å². The maximum absolute atomic E-state index is 13.0. The summed E-state index contributed by atoms with van der Waals surface area (Å²) in [4.78, 5) is 23.9. The molecule has 2 aromatic carbocycles. The van der Waals surface area contributed by atoms with Crippen molar-refractivity contribution in [3.63, 3.8) is 0 Å². The summed E-state index contributed by atoms with van der Waals surface area (Å²) in [5.41, 5.74) is 11.7. The van der Waals surface area contributed by atoms with Crippen LogP contribution in [0.5, 0.6) is 0 Å². The van der Waals surface area contributed by atoms with Crippen LogP contribution in [0.25, 0.3) is 5.57 Å². The number of oxime groups is 1. The average Bonchev–Trinajstić information content (AvgIpc) is 3.35. The quantitative estimate of drug-likeness (QED) is 0.393. The van der Waals surface area contributed by atoms with Crippen LogP contribution >= 0.6 is 11.6 Å². The van der Waals surface area contributed by atoms with Crippen LogP contribution < -0.4 is 5.73 Å². The van der Waals surface area contributed by atoms with E-state index >= 15 is 0 Å². The number of hydrogen-bond acceptors (Lipinski definition) is 5. The summed E-state index contributed by atoms with van der Waals surface area (Å²) in [6.07, 6.45) is 13.2. The van der Waals surface area contributed by atoms with Gasteiger partial charge in [0.1, 0.15) is 12.6 Å². The molecule has 37 heavy (non-hydrogen) atoms. The SMILES string of the molecule is CO/N=C/c1cccc(C2=CC(=O)N(C)C3C=CC(C(N)(c4ccc(Cl)cc4)c4cncn4C)=CC23)c1. The number of aryl methyl sites for hydroxylation is 1. The molecule has 2 heterocycles. The number of nitrogens with two attached hydrogens (primary N) is 1. The number of imidazole rings is 1. The predicted octanol–water partition coefficient (Wildman–Crippen LogP) is 4.29. The lowest BCUT2D eigenvalue weighted by Gasteiger charge is -2.41. The van der Waals surface area contributed by atoms with Gasteiger partial charge in [0.2, 0.25) is 5.91 Å². The molecule has 3 atom stereocenters. The summed E-state index contributed by atoms with van der Waals surface area (Å²) >= 11 is 6.21. The third-order valence-electron chi connectivity index (χ3n) is 7.14. The molecule has 0 bridgehead atoms. The highest BCUT2D eigenvalue weighted by Gasteiger charge is 2.41. The highest BCUT2D eigenvalue weighted by Crippen LogP contribution is 2.43. The van der Waals surface area contributed by atoms with Gasteiger partial charge in [-0.25, -0.2) is 4.98 Å². The van der Waals surface area contributed by atoms with E-state index in [0.717, 1.165) is 33.5 Å². The maximum atomic E-state index is 13.0. The fraction of sp³-hybridized carbons (Fsp3) is 0.207. The van der Waals surface area contributed by atoms with Gasteiger partial charge in [0.15, 0.2) is 0 Å². The van der Waals surface area contributed by atoms with Crippen LogP contribution in [0.1, 0.15) is 22.4 Å². The van der Waals surface area contributed by atoms with Crippen molar-refractivity contribution in [2.75, 3.05) is 14.2 Å². The number of nitrogens with zero attached hydrogens (tertiary/aromatic N) is 4. The van der Waals surface area contributed by atoms with Gasteiger partial charge >= 0.3 is 0 Å². The fourth-order valence-corrected chi connectivity index (χ4v) is 5.28. The number of hydrogen-bond donors (Lipinski definition) is 1. The Morgan fingerprint density at radius 1 is 1.19 bits per heavy atom. The van der Waals surface area contributed by atoms with Crippen molar-refractivity contribution in [1.82, 2.24) is 14.5 Å². The lowest BCUT2D eigenvalue weighted by molar-refractivity contribution is -0.126. The van der Waals surface area contributed by atoms with E-state index in [1.165, 1.54) is 7.11 Å². The first-order valence-electron chi connectivity index (χ1n) is 11.9. The molecule has 8 heteroatoms. The molecular weight excluding hydrogens is 486 g/mol. The van der Waals surface area contributed by atoms with Crippen LogP contribution in [0.3, 0.4) is 0 Å². The van der Waals surface area contributed by atoms with Crippen LogP contribution in [-0.4, -0.2) is 46.8 Å². The summed E-state index contributed by atoms with van der Waals surface area (Å²) < 4.78 is 1.93. The zero-order valence-electron chi connectivity index (χ0n) is 20.9. The largest absolute Gasteiger partial charge is 0.399 e. The lowest BCUT2D eigenvalue weighted by atomic mass is 9.72. The summed E-state index contributed by atoms with van der Waals surface area (Å²) in [7, 11) is 5.27. The Labute approximate surface area is 221 Å². The maximum Gasteiger partial charge on any atom is 0.247 e. The second-order valence-electron chi connectivity index (χ2n) is 9.29.